The number of hydrogen-bond donors (Lipinski definition) is 3. The van der Waals surface area contributed by atoms with Crippen molar-refractivity contribution in [2.45, 2.75) is 302 Å². The van der Waals surface area contributed by atoms with Gasteiger partial charge in [0.2, 0.25) is 5.91 Å². The van der Waals surface area contributed by atoms with Gasteiger partial charge >= 0.3 is 5.97 Å². The number of unbranched alkanes of at least 4 members (excludes halogenated alkanes) is 37. The summed E-state index contributed by atoms with van der Waals surface area (Å²) in [4.78, 5) is 24.4. The van der Waals surface area contributed by atoms with E-state index in [1.807, 2.05) is 6.08 Å². The van der Waals surface area contributed by atoms with Crippen LogP contribution in [0.5, 0.6) is 0 Å². The van der Waals surface area contributed by atoms with Crippen molar-refractivity contribution in [2.24, 2.45) is 0 Å². The minimum atomic E-state index is -0.851. The molecule has 0 aliphatic heterocycles. The molecule has 0 radical (unpaired) electrons. The molecule has 370 valence electrons. The average molecular weight is 886 g/mol. The number of esters is 1. The lowest BCUT2D eigenvalue weighted by atomic mass is 10.0. The highest BCUT2D eigenvalue weighted by Gasteiger charge is 2.18. The fraction of sp³-hybridized carbons (Fsp3) is 0.860. The van der Waals surface area contributed by atoms with Crippen LogP contribution in [0.4, 0.5) is 0 Å². The van der Waals surface area contributed by atoms with E-state index in [0.717, 1.165) is 77.0 Å². The van der Waals surface area contributed by atoms with Crippen molar-refractivity contribution in [1.29, 1.82) is 0 Å². The van der Waals surface area contributed by atoms with Crippen molar-refractivity contribution in [2.75, 3.05) is 13.2 Å². The number of carbonyl (C=O) groups is 2. The summed E-state index contributed by atoms with van der Waals surface area (Å²) in [7, 11) is 0. The van der Waals surface area contributed by atoms with Crippen LogP contribution in [0, 0.1) is 0 Å². The SMILES string of the molecule is CCCCCCCCCCCCCCC/C=C/C(O)C(CO)NC(=O)CCCCCCCCCCCC/C=C\C=C/CCCCCOC(=O)CCCCCCCCCCCCCC. The molecule has 0 aromatic rings. The molecule has 2 unspecified atom stereocenters. The molecule has 3 N–H and O–H groups in total. The summed E-state index contributed by atoms with van der Waals surface area (Å²) in [5.41, 5.74) is 0. The Balaban J connectivity index is 3.51. The largest absolute Gasteiger partial charge is 0.466 e. The minimum absolute atomic E-state index is 0.0138. The average Bonchev–Trinajstić information content (AvgIpc) is 3.28. The Morgan fingerprint density at radius 1 is 0.444 bits per heavy atom. The molecule has 0 aromatic heterocycles. The van der Waals surface area contributed by atoms with E-state index < -0.39 is 12.1 Å². The van der Waals surface area contributed by atoms with E-state index in [4.69, 9.17) is 4.74 Å². The van der Waals surface area contributed by atoms with Crippen LogP contribution in [0.3, 0.4) is 0 Å². The molecule has 0 rings (SSSR count). The first-order valence-corrected chi connectivity index (χ1v) is 27.8. The monoisotopic (exact) mass is 886 g/mol. The predicted molar refractivity (Wildman–Crippen MR) is 273 cm³/mol. The lowest BCUT2D eigenvalue weighted by Crippen LogP contribution is -2.45. The lowest BCUT2D eigenvalue weighted by molar-refractivity contribution is -0.143. The number of rotatable bonds is 51. The number of amides is 1. The maximum atomic E-state index is 12.4. The highest BCUT2D eigenvalue weighted by atomic mass is 16.5. The summed E-state index contributed by atoms with van der Waals surface area (Å²) >= 11 is 0. The number of nitrogens with one attached hydrogen (secondary N) is 1. The zero-order valence-corrected chi connectivity index (χ0v) is 42.1. The van der Waals surface area contributed by atoms with E-state index in [9.17, 15) is 19.8 Å². The summed E-state index contributed by atoms with van der Waals surface area (Å²) < 4.78 is 5.44. The first-order chi connectivity index (χ1) is 31.0. The van der Waals surface area contributed by atoms with Crippen LogP contribution in [0.1, 0.15) is 290 Å². The topological polar surface area (TPSA) is 95.9 Å². The van der Waals surface area contributed by atoms with Gasteiger partial charge in [-0.25, -0.2) is 0 Å². The summed E-state index contributed by atoms with van der Waals surface area (Å²) in [5.74, 6) is -0.0913. The Hall–Kier alpha value is -1.92. The van der Waals surface area contributed by atoms with Crippen molar-refractivity contribution >= 4 is 11.9 Å². The van der Waals surface area contributed by atoms with Crippen LogP contribution in [0.25, 0.3) is 0 Å². The van der Waals surface area contributed by atoms with Gasteiger partial charge in [-0.15, -0.1) is 0 Å². The predicted octanol–water partition coefficient (Wildman–Crippen LogP) is 16.9. The van der Waals surface area contributed by atoms with Gasteiger partial charge in [0.1, 0.15) is 0 Å². The number of aliphatic hydroxyl groups excluding tert-OH is 2. The zero-order chi connectivity index (χ0) is 45.8. The third-order valence-corrected chi connectivity index (χ3v) is 12.7. The highest BCUT2D eigenvalue weighted by molar-refractivity contribution is 5.76. The van der Waals surface area contributed by atoms with Crippen LogP contribution < -0.4 is 5.32 Å². The van der Waals surface area contributed by atoms with Gasteiger partial charge in [-0.2, -0.15) is 0 Å². The molecule has 2 atom stereocenters. The van der Waals surface area contributed by atoms with E-state index in [1.54, 1.807) is 6.08 Å². The van der Waals surface area contributed by atoms with Gasteiger partial charge in [-0.3, -0.25) is 9.59 Å². The third kappa shape index (κ3) is 49.4. The molecule has 0 spiro atoms. The number of ether oxygens (including phenoxy) is 1. The maximum Gasteiger partial charge on any atom is 0.305 e. The standard InChI is InChI=1S/C57H107NO5/c1-3-5-7-9-11-13-15-17-23-26-29-33-37-41-45-49-55(60)54(53-59)58-56(61)50-46-42-38-34-30-27-24-21-19-18-20-22-25-28-32-36-40-44-48-52-63-57(62)51-47-43-39-35-31-16-14-12-10-8-6-4-2/h22,25,28,32,45,49,54-55,59-60H,3-21,23-24,26-27,29-31,33-44,46-48,50-53H2,1-2H3,(H,58,61)/b25-22-,32-28-,49-45+. The Labute approximate surface area is 392 Å². The Morgan fingerprint density at radius 2 is 0.778 bits per heavy atom. The van der Waals surface area contributed by atoms with Gasteiger partial charge in [-0.1, -0.05) is 249 Å². The summed E-state index contributed by atoms with van der Waals surface area (Å²) in [5, 5.41) is 23.1. The summed E-state index contributed by atoms with van der Waals surface area (Å²) in [6.45, 7) is 4.86. The second-order valence-corrected chi connectivity index (χ2v) is 18.9. The van der Waals surface area contributed by atoms with Crippen molar-refractivity contribution in [1.82, 2.24) is 5.32 Å². The van der Waals surface area contributed by atoms with Gasteiger partial charge < -0.3 is 20.3 Å². The normalized spacial score (nSPS) is 12.9. The van der Waals surface area contributed by atoms with Crippen LogP contribution in [-0.2, 0) is 14.3 Å². The first kappa shape index (κ1) is 61.1. The molecule has 1 amide bonds. The molecule has 0 aromatic carbocycles. The van der Waals surface area contributed by atoms with E-state index >= 15 is 0 Å². The minimum Gasteiger partial charge on any atom is -0.466 e. The lowest BCUT2D eigenvalue weighted by Gasteiger charge is -2.20. The molecule has 0 fully saturated rings. The molecular formula is C57H107NO5. The fourth-order valence-corrected chi connectivity index (χ4v) is 8.39. The van der Waals surface area contributed by atoms with Gasteiger partial charge in [0.25, 0.3) is 0 Å². The molecule has 0 saturated heterocycles. The molecule has 0 aliphatic carbocycles. The van der Waals surface area contributed by atoms with Gasteiger partial charge in [0.15, 0.2) is 0 Å². The quantitative estimate of drug-likeness (QED) is 0.0245. The van der Waals surface area contributed by atoms with Crippen molar-refractivity contribution in [3.8, 4) is 0 Å². The van der Waals surface area contributed by atoms with E-state index in [1.165, 1.54) is 186 Å². The Bertz CT molecular complexity index is 1020. The van der Waals surface area contributed by atoms with Crippen molar-refractivity contribution in [3.63, 3.8) is 0 Å². The Kier molecular flexibility index (Phi) is 51.1. The molecule has 6 nitrogen and oxygen atoms in total. The molecule has 0 aliphatic rings. The van der Waals surface area contributed by atoms with E-state index in [2.05, 4.69) is 43.5 Å². The van der Waals surface area contributed by atoms with E-state index in [-0.39, 0.29) is 18.5 Å². The fourth-order valence-electron chi connectivity index (χ4n) is 8.39. The smallest absolute Gasteiger partial charge is 0.305 e. The Morgan fingerprint density at radius 3 is 1.17 bits per heavy atom. The molecule has 0 heterocycles. The van der Waals surface area contributed by atoms with Gasteiger partial charge in [0.05, 0.1) is 25.4 Å². The molecule has 63 heavy (non-hydrogen) atoms. The third-order valence-electron chi connectivity index (χ3n) is 12.7. The van der Waals surface area contributed by atoms with Gasteiger partial charge in [0, 0.05) is 12.8 Å². The zero-order valence-electron chi connectivity index (χ0n) is 42.1. The molecular weight excluding hydrogens is 779 g/mol. The highest BCUT2D eigenvalue weighted by Crippen LogP contribution is 2.16. The van der Waals surface area contributed by atoms with Crippen LogP contribution >= 0.6 is 0 Å². The number of carbonyl (C=O) groups excluding carboxylic acids is 2. The number of allylic oxidation sites excluding steroid dienone is 5. The molecule has 0 saturated carbocycles. The summed E-state index contributed by atoms with van der Waals surface area (Å²) in [6.07, 6.45) is 64.4. The summed E-state index contributed by atoms with van der Waals surface area (Å²) in [6, 6.07) is -0.635. The van der Waals surface area contributed by atoms with Gasteiger partial charge in [-0.05, 0) is 64.2 Å². The van der Waals surface area contributed by atoms with Crippen molar-refractivity contribution in [3.05, 3.63) is 36.5 Å². The molecule has 0 bridgehead atoms. The maximum absolute atomic E-state index is 12.4. The number of aliphatic hydroxyl groups is 2. The number of hydrogen-bond acceptors (Lipinski definition) is 5. The first-order valence-electron chi connectivity index (χ1n) is 27.8. The second kappa shape index (κ2) is 52.7. The van der Waals surface area contributed by atoms with E-state index in [0.29, 0.717) is 19.4 Å². The molecule has 6 heteroatoms. The van der Waals surface area contributed by atoms with Crippen LogP contribution in [-0.4, -0.2) is 47.4 Å². The second-order valence-electron chi connectivity index (χ2n) is 18.9. The van der Waals surface area contributed by atoms with Crippen molar-refractivity contribution < 1.29 is 24.5 Å². The van der Waals surface area contributed by atoms with Crippen LogP contribution in [0.15, 0.2) is 36.5 Å². The van der Waals surface area contributed by atoms with Crippen LogP contribution in [0.2, 0.25) is 0 Å².